The topological polar surface area (TPSA) is 29.1 Å². The van der Waals surface area contributed by atoms with Crippen LogP contribution in [0.5, 0.6) is 0 Å². The number of hydrogen-bond acceptors (Lipinski definition) is 3. The summed E-state index contributed by atoms with van der Waals surface area (Å²) < 4.78 is 0. The van der Waals surface area contributed by atoms with Crippen molar-refractivity contribution in [1.29, 1.82) is 0 Å². The minimum Gasteiger partial charge on any atom is -0.326 e. The highest BCUT2D eigenvalue weighted by atomic mass is 33.1. The number of carbonyl (C=O) groups is 1. The molecule has 0 unspecified atom stereocenters. The van der Waals surface area contributed by atoms with E-state index in [1.165, 1.54) is 27.1 Å². The molecule has 0 aliphatic carbocycles. The molecule has 0 radical (unpaired) electrons. The molecule has 0 saturated carbocycles. The first-order valence-electron chi connectivity index (χ1n) is 5.48. The van der Waals surface area contributed by atoms with Crippen molar-refractivity contribution in [3.63, 3.8) is 0 Å². The summed E-state index contributed by atoms with van der Waals surface area (Å²) >= 11 is 0. The van der Waals surface area contributed by atoms with E-state index in [2.05, 4.69) is 39.3 Å². The second kappa shape index (κ2) is 5.83. The summed E-state index contributed by atoms with van der Waals surface area (Å²) in [6.07, 6.45) is 2.08. The molecule has 0 aliphatic heterocycles. The van der Waals surface area contributed by atoms with Crippen LogP contribution in [0.4, 0.5) is 5.69 Å². The van der Waals surface area contributed by atoms with Crippen molar-refractivity contribution in [3.05, 3.63) is 22.3 Å². The molecule has 0 atom stereocenters. The smallest absolute Gasteiger partial charge is 0.221 e. The number of nitrogens with one attached hydrogen (secondary N) is 1. The van der Waals surface area contributed by atoms with Crippen LogP contribution < -0.4 is 5.32 Å². The third-order valence-electron chi connectivity index (χ3n) is 3.02. The van der Waals surface area contributed by atoms with E-state index in [1.807, 2.05) is 0 Å². The number of hydrogen-bond donors (Lipinski definition) is 1. The lowest BCUT2D eigenvalue weighted by Crippen LogP contribution is -2.11. The minimum absolute atomic E-state index is 0.0136. The zero-order chi connectivity index (χ0) is 13.2. The van der Waals surface area contributed by atoms with Crippen molar-refractivity contribution in [2.45, 2.75) is 39.5 Å². The lowest BCUT2D eigenvalue weighted by atomic mass is 9.98. The van der Waals surface area contributed by atoms with Gasteiger partial charge in [0.15, 0.2) is 0 Å². The van der Waals surface area contributed by atoms with E-state index in [4.69, 9.17) is 0 Å². The Kier molecular flexibility index (Phi) is 4.95. The van der Waals surface area contributed by atoms with Crippen molar-refractivity contribution in [3.8, 4) is 0 Å². The van der Waals surface area contributed by atoms with Crippen molar-refractivity contribution < 1.29 is 4.79 Å². The monoisotopic (exact) mass is 269 g/mol. The predicted octanol–water partition coefficient (Wildman–Crippen LogP) is 4.25. The summed E-state index contributed by atoms with van der Waals surface area (Å²) in [6.45, 7) is 9.92. The maximum atomic E-state index is 11.2. The molecule has 0 spiro atoms. The van der Waals surface area contributed by atoms with Gasteiger partial charge in [0.05, 0.1) is 0 Å². The van der Waals surface area contributed by atoms with Gasteiger partial charge >= 0.3 is 0 Å². The van der Waals surface area contributed by atoms with Crippen molar-refractivity contribution in [1.82, 2.24) is 0 Å². The molecular weight excluding hydrogens is 250 g/mol. The molecular formula is C13H19NOS2. The highest BCUT2D eigenvalue weighted by Crippen LogP contribution is 2.40. The standard InChI is InChI=1S/C13H19NOS2/c1-7-9(3)13(17-16-6)10(4)8(2)12(7)14-11(5)15/h1-6H3,(H,14,15). The highest BCUT2D eigenvalue weighted by molar-refractivity contribution is 8.76. The first kappa shape index (κ1) is 14.5. The molecule has 1 aromatic rings. The second-order valence-electron chi connectivity index (χ2n) is 4.14. The lowest BCUT2D eigenvalue weighted by Gasteiger charge is -2.19. The maximum absolute atomic E-state index is 11.2. The van der Waals surface area contributed by atoms with Gasteiger partial charge in [-0.05, 0) is 56.2 Å². The number of anilines is 1. The largest absolute Gasteiger partial charge is 0.326 e. The summed E-state index contributed by atoms with van der Waals surface area (Å²) in [7, 11) is 3.54. The van der Waals surface area contributed by atoms with Gasteiger partial charge in [0.1, 0.15) is 0 Å². The minimum atomic E-state index is -0.0136. The van der Waals surface area contributed by atoms with Gasteiger partial charge in [-0.15, -0.1) is 0 Å². The van der Waals surface area contributed by atoms with Crippen molar-refractivity contribution in [2.75, 3.05) is 11.6 Å². The van der Waals surface area contributed by atoms with Gasteiger partial charge in [-0.1, -0.05) is 21.6 Å². The Hall–Kier alpha value is -0.610. The van der Waals surface area contributed by atoms with Gasteiger partial charge in [-0.25, -0.2) is 0 Å². The molecule has 0 fully saturated rings. The van der Waals surface area contributed by atoms with Crippen LogP contribution in [0.2, 0.25) is 0 Å². The van der Waals surface area contributed by atoms with Crippen LogP contribution in [-0.4, -0.2) is 12.2 Å². The van der Waals surface area contributed by atoms with E-state index >= 15 is 0 Å². The third kappa shape index (κ3) is 2.99. The quantitative estimate of drug-likeness (QED) is 0.832. The van der Waals surface area contributed by atoms with Gasteiger partial charge < -0.3 is 5.32 Å². The molecule has 2 nitrogen and oxygen atoms in total. The molecule has 1 aromatic carbocycles. The average molecular weight is 269 g/mol. The fourth-order valence-corrected chi connectivity index (χ4v) is 3.82. The highest BCUT2D eigenvalue weighted by Gasteiger charge is 2.15. The summed E-state index contributed by atoms with van der Waals surface area (Å²) in [5.74, 6) is -0.0136. The van der Waals surface area contributed by atoms with Gasteiger partial charge in [0.25, 0.3) is 0 Å². The van der Waals surface area contributed by atoms with E-state index in [9.17, 15) is 4.79 Å². The summed E-state index contributed by atoms with van der Waals surface area (Å²) in [5.41, 5.74) is 5.82. The Morgan fingerprint density at radius 3 is 1.82 bits per heavy atom. The fraction of sp³-hybridized carbons (Fsp3) is 0.462. The number of benzene rings is 1. The molecule has 1 rings (SSSR count). The van der Waals surface area contributed by atoms with Gasteiger partial charge in [-0.2, -0.15) is 0 Å². The number of amides is 1. The molecule has 0 bridgehead atoms. The summed E-state index contributed by atoms with van der Waals surface area (Å²) in [6, 6.07) is 0. The van der Waals surface area contributed by atoms with Crippen LogP contribution in [0.1, 0.15) is 29.2 Å². The van der Waals surface area contributed by atoms with Gasteiger partial charge in [-0.3, -0.25) is 4.79 Å². The predicted molar refractivity (Wildman–Crippen MR) is 79.1 cm³/mol. The molecule has 1 N–H and O–H groups in total. The van der Waals surface area contributed by atoms with Gasteiger partial charge in [0.2, 0.25) is 5.91 Å². The van der Waals surface area contributed by atoms with Gasteiger partial charge in [0, 0.05) is 17.5 Å². The SMILES string of the molecule is CSSc1c(C)c(C)c(NC(C)=O)c(C)c1C. The molecule has 4 heteroatoms. The summed E-state index contributed by atoms with van der Waals surface area (Å²) in [4.78, 5) is 12.6. The average Bonchev–Trinajstić information content (AvgIpc) is 2.27. The maximum Gasteiger partial charge on any atom is 0.221 e. The van der Waals surface area contributed by atoms with E-state index in [0.29, 0.717) is 0 Å². The first-order chi connectivity index (χ1) is 7.90. The van der Waals surface area contributed by atoms with E-state index < -0.39 is 0 Å². The van der Waals surface area contributed by atoms with E-state index in [1.54, 1.807) is 28.5 Å². The molecule has 0 heterocycles. The van der Waals surface area contributed by atoms with Crippen LogP contribution in [0.15, 0.2) is 4.90 Å². The zero-order valence-electron chi connectivity index (χ0n) is 11.2. The molecule has 17 heavy (non-hydrogen) atoms. The Bertz CT molecular complexity index is 426. The summed E-state index contributed by atoms with van der Waals surface area (Å²) in [5, 5.41) is 2.94. The molecule has 94 valence electrons. The first-order valence-corrected chi connectivity index (χ1v) is 8.04. The van der Waals surface area contributed by atoms with Crippen molar-refractivity contribution >= 4 is 33.2 Å². The fourth-order valence-electron chi connectivity index (χ4n) is 1.85. The Balaban J connectivity index is 3.41. The van der Waals surface area contributed by atoms with Crippen LogP contribution in [0, 0.1) is 27.7 Å². The van der Waals surface area contributed by atoms with Crippen molar-refractivity contribution in [2.24, 2.45) is 0 Å². The van der Waals surface area contributed by atoms with Crippen LogP contribution >= 0.6 is 21.6 Å². The number of rotatable bonds is 3. The van der Waals surface area contributed by atoms with Crippen LogP contribution in [-0.2, 0) is 4.79 Å². The van der Waals surface area contributed by atoms with Crippen LogP contribution in [0.3, 0.4) is 0 Å². The number of carbonyl (C=O) groups excluding carboxylic acids is 1. The van der Waals surface area contributed by atoms with Crippen LogP contribution in [0.25, 0.3) is 0 Å². The third-order valence-corrected chi connectivity index (χ3v) is 4.97. The molecule has 0 aliphatic rings. The zero-order valence-corrected chi connectivity index (χ0v) is 12.9. The molecule has 0 aromatic heterocycles. The lowest BCUT2D eigenvalue weighted by molar-refractivity contribution is -0.114. The normalized spacial score (nSPS) is 10.5. The molecule has 1 amide bonds. The van der Waals surface area contributed by atoms with E-state index in [0.717, 1.165) is 5.69 Å². The molecule has 0 saturated heterocycles. The van der Waals surface area contributed by atoms with E-state index in [-0.39, 0.29) is 5.91 Å². The Morgan fingerprint density at radius 1 is 1.00 bits per heavy atom. The Morgan fingerprint density at radius 2 is 1.47 bits per heavy atom. The second-order valence-corrected chi connectivity index (χ2v) is 6.54. The Labute approximate surface area is 111 Å².